The summed E-state index contributed by atoms with van der Waals surface area (Å²) in [6.07, 6.45) is 5.63. The summed E-state index contributed by atoms with van der Waals surface area (Å²) >= 11 is 0. The molecule has 1 heterocycles. The molecule has 1 aliphatic heterocycles. The van der Waals surface area contributed by atoms with Crippen LogP contribution < -0.4 is 5.32 Å². The fourth-order valence-electron chi connectivity index (χ4n) is 0.793. The van der Waals surface area contributed by atoms with Gasteiger partial charge in [0.05, 0.1) is 0 Å². The van der Waals surface area contributed by atoms with E-state index in [-0.39, 0.29) is 5.96 Å². The van der Waals surface area contributed by atoms with E-state index < -0.39 is 0 Å². The SMILES string of the molecule is N#CNC(=N)N1CC=CC1. The van der Waals surface area contributed by atoms with E-state index in [1.54, 1.807) is 11.1 Å². The molecule has 1 aliphatic rings. The third kappa shape index (κ3) is 1.26. The molecule has 4 nitrogen and oxygen atoms in total. The van der Waals surface area contributed by atoms with Gasteiger partial charge in [-0.05, 0) is 0 Å². The van der Waals surface area contributed by atoms with Crippen LogP contribution in [0, 0.1) is 16.9 Å². The van der Waals surface area contributed by atoms with E-state index in [2.05, 4.69) is 5.32 Å². The number of rotatable bonds is 0. The molecule has 4 heteroatoms. The van der Waals surface area contributed by atoms with E-state index in [0.717, 1.165) is 13.1 Å². The van der Waals surface area contributed by atoms with Gasteiger partial charge in [0.2, 0.25) is 5.96 Å². The van der Waals surface area contributed by atoms with E-state index in [1.165, 1.54) is 0 Å². The number of hydrogen-bond donors (Lipinski definition) is 2. The number of nitrogens with one attached hydrogen (secondary N) is 2. The number of guanidine groups is 1. The molecule has 0 atom stereocenters. The van der Waals surface area contributed by atoms with Crippen molar-refractivity contribution < 1.29 is 0 Å². The van der Waals surface area contributed by atoms with Gasteiger partial charge in [0.25, 0.3) is 0 Å². The first kappa shape index (κ1) is 6.62. The van der Waals surface area contributed by atoms with Gasteiger partial charge in [-0.2, -0.15) is 5.26 Å². The van der Waals surface area contributed by atoms with Crippen molar-refractivity contribution in [2.45, 2.75) is 0 Å². The molecule has 0 amide bonds. The average Bonchev–Trinajstić information content (AvgIpc) is 2.38. The second-order valence-electron chi connectivity index (χ2n) is 1.96. The Bertz CT molecular complexity index is 192. The van der Waals surface area contributed by atoms with E-state index in [4.69, 9.17) is 10.7 Å². The Labute approximate surface area is 59.3 Å². The van der Waals surface area contributed by atoms with Crippen molar-refractivity contribution in [2.24, 2.45) is 0 Å². The topological polar surface area (TPSA) is 62.9 Å². The minimum absolute atomic E-state index is 0.174. The van der Waals surface area contributed by atoms with Crippen LogP contribution in [0.2, 0.25) is 0 Å². The lowest BCUT2D eigenvalue weighted by molar-refractivity contribution is 0.521. The summed E-state index contributed by atoms with van der Waals surface area (Å²) in [5, 5.41) is 17.6. The molecule has 0 spiro atoms. The second kappa shape index (κ2) is 2.87. The highest BCUT2D eigenvalue weighted by Gasteiger charge is 2.08. The molecule has 0 radical (unpaired) electrons. The molecule has 2 N–H and O–H groups in total. The van der Waals surface area contributed by atoms with Gasteiger partial charge in [-0.15, -0.1) is 0 Å². The van der Waals surface area contributed by atoms with Crippen LogP contribution in [0.4, 0.5) is 0 Å². The normalized spacial score (nSPS) is 14.9. The van der Waals surface area contributed by atoms with E-state index in [0.29, 0.717) is 0 Å². The van der Waals surface area contributed by atoms with E-state index in [9.17, 15) is 0 Å². The van der Waals surface area contributed by atoms with Gasteiger partial charge < -0.3 is 4.90 Å². The Morgan fingerprint density at radius 2 is 2.20 bits per heavy atom. The number of nitrogens with zero attached hydrogens (tertiary/aromatic N) is 2. The van der Waals surface area contributed by atoms with Crippen LogP contribution >= 0.6 is 0 Å². The molecule has 0 aliphatic carbocycles. The van der Waals surface area contributed by atoms with Crippen molar-refractivity contribution >= 4 is 5.96 Å². The van der Waals surface area contributed by atoms with Crippen LogP contribution in [-0.4, -0.2) is 23.9 Å². The van der Waals surface area contributed by atoms with Gasteiger partial charge in [0.1, 0.15) is 0 Å². The zero-order valence-corrected chi connectivity index (χ0v) is 5.46. The Morgan fingerprint density at radius 3 is 2.70 bits per heavy atom. The van der Waals surface area contributed by atoms with Crippen molar-refractivity contribution in [2.75, 3.05) is 13.1 Å². The molecule has 52 valence electrons. The predicted molar refractivity (Wildman–Crippen MR) is 37.2 cm³/mol. The molecular formula is C6H8N4. The maximum Gasteiger partial charge on any atom is 0.205 e. The smallest absolute Gasteiger partial charge is 0.205 e. The maximum absolute atomic E-state index is 8.15. The van der Waals surface area contributed by atoms with Crippen LogP contribution in [0.15, 0.2) is 12.2 Å². The monoisotopic (exact) mass is 136 g/mol. The first-order valence-corrected chi connectivity index (χ1v) is 2.98. The first-order chi connectivity index (χ1) is 4.84. The molecule has 0 aromatic rings. The highest BCUT2D eigenvalue weighted by Crippen LogP contribution is 1.96. The average molecular weight is 136 g/mol. The summed E-state index contributed by atoms with van der Waals surface area (Å²) < 4.78 is 0. The lowest BCUT2D eigenvalue weighted by Gasteiger charge is -2.15. The van der Waals surface area contributed by atoms with Crippen molar-refractivity contribution in [3.63, 3.8) is 0 Å². The summed E-state index contributed by atoms with van der Waals surface area (Å²) in [5.74, 6) is 0.174. The summed E-state index contributed by atoms with van der Waals surface area (Å²) in [5.41, 5.74) is 0. The summed E-state index contributed by atoms with van der Waals surface area (Å²) in [6.45, 7) is 1.46. The molecule has 0 unspecified atom stereocenters. The molecule has 0 fully saturated rings. The van der Waals surface area contributed by atoms with Gasteiger partial charge in [-0.25, -0.2) is 0 Å². The molecule has 0 aromatic carbocycles. The molecule has 0 bridgehead atoms. The number of hydrogen-bond acceptors (Lipinski definition) is 2. The largest absolute Gasteiger partial charge is 0.335 e. The highest BCUT2D eigenvalue weighted by atomic mass is 15.3. The van der Waals surface area contributed by atoms with Crippen LogP contribution in [-0.2, 0) is 0 Å². The van der Waals surface area contributed by atoms with Gasteiger partial charge in [-0.3, -0.25) is 10.7 Å². The third-order valence-electron chi connectivity index (χ3n) is 1.31. The van der Waals surface area contributed by atoms with E-state index >= 15 is 0 Å². The fraction of sp³-hybridized carbons (Fsp3) is 0.333. The zero-order chi connectivity index (χ0) is 7.40. The first-order valence-electron chi connectivity index (χ1n) is 2.98. The van der Waals surface area contributed by atoms with Crippen LogP contribution in [0.5, 0.6) is 0 Å². The molecule has 1 rings (SSSR count). The molecule has 0 aromatic heterocycles. The highest BCUT2D eigenvalue weighted by molar-refractivity contribution is 5.78. The summed E-state index contributed by atoms with van der Waals surface area (Å²) in [4.78, 5) is 1.75. The van der Waals surface area contributed by atoms with Crippen molar-refractivity contribution in [3.05, 3.63) is 12.2 Å². The second-order valence-corrected chi connectivity index (χ2v) is 1.96. The molecule has 10 heavy (non-hydrogen) atoms. The van der Waals surface area contributed by atoms with Gasteiger partial charge in [-0.1, -0.05) is 12.2 Å². The van der Waals surface area contributed by atoms with Crippen molar-refractivity contribution in [1.29, 1.82) is 10.7 Å². The molecule has 0 saturated heterocycles. The lowest BCUT2D eigenvalue weighted by atomic mass is 10.6. The van der Waals surface area contributed by atoms with Crippen molar-refractivity contribution in [3.8, 4) is 6.19 Å². The van der Waals surface area contributed by atoms with Crippen LogP contribution in [0.3, 0.4) is 0 Å². The summed E-state index contributed by atoms with van der Waals surface area (Å²) in [6, 6.07) is 0. The quantitative estimate of drug-likeness (QED) is 0.160. The molecular weight excluding hydrogens is 128 g/mol. The Morgan fingerprint density at radius 1 is 1.60 bits per heavy atom. The minimum atomic E-state index is 0.174. The Kier molecular flexibility index (Phi) is 1.90. The third-order valence-corrected chi connectivity index (χ3v) is 1.31. The minimum Gasteiger partial charge on any atom is -0.335 e. The van der Waals surface area contributed by atoms with Crippen molar-refractivity contribution in [1.82, 2.24) is 10.2 Å². The standard InChI is InChI=1S/C6H8N4/c7-5-9-6(8)10-3-1-2-4-10/h1-2H,3-4H2,(H2,8,9). The van der Waals surface area contributed by atoms with Gasteiger partial charge in [0.15, 0.2) is 6.19 Å². The molecule has 0 saturated carbocycles. The van der Waals surface area contributed by atoms with Crippen LogP contribution in [0.25, 0.3) is 0 Å². The predicted octanol–water partition coefficient (Wildman–Crippen LogP) is -0.136. The fourth-order valence-corrected chi connectivity index (χ4v) is 0.793. The maximum atomic E-state index is 8.15. The van der Waals surface area contributed by atoms with Gasteiger partial charge in [0, 0.05) is 13.1 Å². The zero-order valence-electron chi connectivity index (χ0n) is 5.46. The van der Waals surface area contributed by atoms with E-state index in [1.807, 2.05) is 12.2 Å². The lowest BCUT2D eigenvalue weighted by Crippen LogP contribution is -2.36. The van der Waals surface area contributed by atoms with Gasteiger partial charge >= 0.3 is 0 Å². The van der Waals surface area contributed by atoms with Crippen LogP contribution in [0.1, 0.15) is 0 Å². The number of nitriles is 1. The summed E-state index contributed by atoms with van der Waals surface area (Å²) in [7, 11) is 0. The Hall–Kier alpha value is -1.50. The Balaban J connectivity index is 2.37.